The third-order valence-corrected chi connectivity index (χ3v) is 5.17. The van der Waals surface area contributed by atoms with Gasteiger partial charge < -0.3 is 15.1 Å². The molecule has 0 spiro atoms. The minimum absolute atomic E-state index is 0.161. The van der Waals surface area contributed by atoms with Crippen molar-refractivity contribution in [2.75, 3.05) is 18.8 Å². The SMILES string of the molecule is CC(C)c1cc(/C=C2/SCCN(CC(=O)O)C2=O)cc(C(C)C)c1O. The average Bonchev–Trinajstić information content (AvgIpc) is 2.51. The van der Waals surface area contributed by atoms with E-state index >= 15 is 0 Å². The molecule has 1 fully saturated rings. The molecule has 25 heavy (non-hydrogen) atoms. The number of carboxylic acids is 1. The summed E-state index contributed by atoms with van der Waals surface area (Å²) >= 11 is 1.44. The Balaban J connectivity index is 2.42. The Hall–Kier alpha value is -1.95. The van der Waals surface area contributed by atoms with Gasteiger partial charge >= 0.3 is 5.97 Å². The number of carboxylic acid groups (broad SMARTS) is 1. The van der Waals surface area contributed by atoms with Crippen molar-refractivity contribution < 1.29 is 19.8 Å². The van der Waals surface area contributed by atoms with Crippen LogP contribution in [0.1, 0.15) is 56.2 Å². The van der Waals surface area contributed by atoms with E-state index in [1.165, 1.54) is 16.7 Å². The summed E-state index contributed by atoms with van der Waals surface area (Å²) < 4.78 is 0. The van der Waals surface area contributed by atoms with E-state index in [1.807, 2.05) is 39.8 Å². The summed E-state index contributed by atoms with van der Waals surface area (Å²) in [6.45, 7) is 8.24. The van der Waals surface area contributed by atoms with E-state index in [4.69, 9.17) is 5.11 Å². The van der Waals surface area contributed by atoms with Crippen LogP contribution in [0.4, 0.5) is 0 Å². The van der Waals surface area contributed by atoms with Crippen LogP contribution < -0.4 is 0 Å². The average molecular weight is 363 g/mol. The molecule has 1 aliphatic rings. The van der Waals surface area contributed by atoms with Gasteiger partial charge in [0.15, 0.2) is 0 Å². The molecular formula is C19H25NO4S. The Labute approximate surface area is 152 Å². The predicted molar refractivity (Wildman–Crippen MR) is 101 cm³/mol. The van der Waals surface area contributed by atoms with Crippen molar-refractivity contribution in [2.45, 2.75) is 39.5 Å². The number of thioether (sulfide) groups is 1. The first-order valence-corrected chi connectivity index (χ1v) is 9.41. The number of phenols is 1. The van der Waals surface area contributed by atoms with Crippen molar-refractivity contribution in [1.82, 2.24) is 4.90 Å². The second kappa shape index (κ2) is 7.95. The molecule has 136 valence electrons. The Kier molecular flexibility index (Phi) is 6.16. The van der Waals surface area contributed by atoms with Gasteiger partial charge in [-0.3, -0.25) is 9.59 Å². The van der Waals surface area contributed by atoms with Gasteiger partial charge in [-0.05, 0) is 46.7 Å². The van der Waals surface area contributed by atoms with E-state index in [2.05, 4.69) is 0 Å². The lowest BCUT2D eigenvalue weighted by Gasteiger charge is -2.26. The maximum Gasteiger partial charge on any atom is 0.323 e. The molecule has 2 N–H and O–H groups in total. The van der Waals surface area contributed by atoms with Crippen molar-refractivity contribution in [3.63, 3.8) is 0 Å². The highest BCUT2D eigenvalue weighted by atomic mass is 32.2. The van der Waals surface area contributed by atoms with Gasteiger partial charge in [-0.1, -0.05) is 27.7 Å². The largest absolute Gasteiger partial charge is 0.507 e. The number of hydrogen-bond acceptors (Lipinski definition) is 4. The molecule has 1 aromatic rings. The fourth-order valence-corrected chi connectivity index (χ4v) is 3.83. The molecule has 2 rings (SSSR count). The van der Waals surface area contributed by atoms with Gasteiger partial charge in [0.2, 0.25) is 0 Å². The molecule has 1 amide bonds. The number of benzene rings is 1. The normalized spacial score (nSPS) is 17.0. The summed E-state index contributed by atoms with van der Waals surface area (Å²) in [4.78, 5) is 25.3. The van der Waals surface area contributed by atoms with E-state index < -0.39 is 5.97 Å². The van der Waals surface area contributed by atoms with Gasteiger partial charge in [0.25, 0.3) is 5.91 Å². The van der Waals surface area contributed by atoms with Crippen LogP contribution in [0, 0.1) is 0 Å². The summed E-state index contributed by atoms with van der Waals surface area (Å²) in [5.74, 6) is 0.0690. The fourth-order valence-electron chi connectivity index (χ4n) is 2.82. The van der Waals surface area contributed by atoms with E-state index in [0.717, 1.165) is 16.7 Å². The number of aromatic hydroxyl groups is 1. The molecule has 0 unspecified atom stereocenters. The Morgan fingerprint density at radius 3 is 2.28 bits per heavy atom. The minimum Gasteiger partial charge on any atom is -0.507 e. The maximum atomic E-state index is 12.5. The number of rotatable bonds is 5. The number of nitrogens with zero attached hydrogens (tertiary/aromatic N) is 1. The maximum absolute atomic E-state index is 12.5. The van der Waals surface area contributed by atoms with Gasteiger partial charge in [0, 0.05) is 12.3 Å². The Bertz CT molecular complexity index is 680. The summed E-state index contributed by atoms with van der Waals surface area (Å²) in [7, 11) is 0. The first kappa shape index (κ1) is 19.4. The number of phenolic OH excluding ortho intramolecular Hbond substituents is 1. The van der Waals surface area contributed by atoms with Crippen LogP contribution in [0.3, 0.4) is 0 Å². The standard InChI is InChI=1S/C19H25NO4S/c1-11(2)14-7-13(8-15(12(3)4)18(14)23)9-16-19(24)20(5-6-25-16)10-17(21)22/h7-9,11-12,23H,5-6,10H2,1-4H3,(H,21,22)/b16-9+. The smallest absolute Gasteiger partial charge is 0.323 e. The van der Waals surface area contributed by atoms with Crippen LogP contribution in [0.2, 0.25) is 0 Å². The van der Waals surface area contributed by atoms with Gasteiger partial charge in [0.05, 0.1) is 4.91 Å². The molecule has 1 aliphatic heterocycles. The number of hydrogen-bond donors (Lipinski definition) is 2. The fraction of sp³-hybridized carbons (Fsp3) is 0.474. The van der Waals surface area contributed by atoms with Crippen molar-refractivity contribution in [1.29, 1.82) is 0 Å². The lowest BCUT2D eigenvalue weighted by atomic mass is 9.91. The van der Waals surface area contributed by atoms with Gasteiger partial charge in [-0.15, -0.1) is 11.8 Å². The van der Waals surface area contributed by atoms with Crippen LogP contribution in [-0.4, -0.2) is 45.8 Å². The molecule has 5 nitrogen and oxygen atoms in total. The Morgan fingerprint density at radius 1 is 1.24 bits per heavy atom. The lowest BCUT2D eigenvalue weighted by molar-refractivity contribution is -0.142. The monoisotopic (exact) mass is 363 g/mol. The zero-order valence-electron chi connectivity index (χ0n) is 15.1. The van der Waals surface area contributed by atoms with Crippen molar-refractivity contribution in [3.8, 4) is 5.75 Å². The molecule has 0 bridgehead atoms. The predicted octanol–water partition coefficient (Wildman–Crippen LogP) is 3.64. The molecular weight excluding hydrogens is 338 g/mol. The van der Waals surface area contributed by atoms with Crippen LogP contribution in [0.25, 0.3) is 6.08 Å². The molecule has 1 heterocycles. The van der Waals surface area contributed by atoms with Crippen molar-refractivity contribution in [2.24, 2.45) is 0 Å². The molecule has 0 aromatic heterocycles. The zero-order valence-corrected chi connectivity index (χ0v) is 15.9. The second-order valence-corrected chi connectivity index (χ2v) is 7.97. The van der Waals surface area contributed by atoms with E-state index in [0.29, 0.717) is 23.0 Å². The van der Waals surface area contributed by atoms with Crippen LogP contribution in [-0.2, 0) is 9.59 Å². The summed E-state index contributed by atoms with van der Waals surface area (Å²) in [5.41, 5.74) is 2.57. The topological polar surface area (TPSA) is 77.8 Å². The Morgan fingerprint density at radius 2 is 1.80 bits per heavy atom. The molecule has 0 radical (unpaired) electrons. The van der Waals surface area contributed by atoms with Crippen LogP contribution in [0.5, 0.6) is 5.75 Å². The molecule has 1 aromatic carbocycles. The lowest BCUT2D eigenvalue weighted by Crippen LogP contribution is -2.40. The summed E-state index contributed by atoms with van der Waals surface area (Å²) in [5, 5.41) is 19.4. The van der Waals surface area contributed by atoms with E-state index in [1.54, 1.807) is 6.08 Å². The highest BCUT2D eigenvalue weighted by Crippen LogP contribution is 2.36. The first-order chi connectivity index (χ1) is 11.7. The highest BCUT2D eigenvalue weighted by Gasteiger charge is 2.25. The highest BCUT2D eigenvalue weighted by molar-refractivity contribution is 8.04. The van der Waals surface area contributed by atoms with Crippen LogP contribution in [0.15, 0.2) is 17.0 Å². The zero-order chi connectivity index (χ0) is 18.7. The number of carbonyl (C=O) groups is 2. The summed E-state index contributed by atoms with van der Waals surface area (Å²) in [6.07, 6.45) is 1.80. The number of amides is 1. The summed E-state index contributed by atoms with van der Waals surface area (Å²) in [6, 6.07) is 3.81. The quantitative estimate of drug-likeness (QED) is 0.781. The number of aliphatic carboxylic acids is 1. The van der Waals surface area contributed by atoms with Crippen LogP contribution >= 0.6 is 11.8 Å². The molecule has 6 heteroatoms. The van der Waals surface area contributed by atoms with Crippen molar-refractivity contribution >= 4 is 29.7 Å². The molecule has 1 saturated heterocycles. The third kappa shape index (κ3) is 4.57. The van der Waals surface area contributed by atoms with Gasteiger partial charge in [-0.2, -0.15) is 0 Å². The second-order valence-electron chi connectivity index (χ2n) is 6.83. The van der Waals surface area contributed by atoms with Crippen molar-refractivity contribution in [3.05, 3.63) is 33.7 Å². The van der Waals surface area contributed by atoms with Gasteiger partial charge in [-0.25, -0.2) is 0 Å². The van der Waals surface area contributed by atoms with E-state index in [9.17, 15) is 14.7 Å². The third-order valence-electron chi connectivity index (χ3n) is 4.18. The first-order valence-electron chi connectivity index (χ1n) is 8.43. The van der Waals surface area contributed by atoms with E-state index in [-0.39, 0.29) is 24.3 Å². The number of carbonyl (C=O) groups excluding carboxylic acids is 1. The minimum atomic E-state index is -1.01. The van der Waals surface area contributed by atoms with Gasteiger partial charge in [0.1, 0.15) is 12.3 Å². The molecule has 0 saturated carbocycles. The molecule has 0 aliphatic carbocycles. The molecule has 0 atom stereocenters.